The molecule has 0 bridgehead atoms. The van der Waals surface area contributed by atoms with Gasteiger partial charge >= 0.3 is 13.8 Å². The van der Waals surface area contributed by atoms with E-state index in [-0.39, 0.29) is 25.1 Å². The van der Waals surface area contributed by atoms with Crippen molar-refractivity contribution in [3.63, 3.8) is 0 Å². The smallest absolute Gasteiger partial charge is 0.456 e. The molecule has 85 heavy (non-hydrogen) atoms. The molecule has 0 spiro atoms. The van der Waals surface area contributed by atoms with Crippen molar-refractivity contribution in [1.29, 1.82) is 0 Å². The molecule has 0 rings (SSSR count). The Kier molecular flexibility index (Phi) is 62.5. The highest BCUT2D eigenvalue weighted by Crippen LogP contribution is 2.43. The minimum absolute atomic E-state index is 0.0379. The van der Waals surface area contributed by atoms with Gasteiger partial charge in [0.05, 0.1) is 33.8 Å². The maximum absolute atomic E-state index is 13.6. The van der Waals surface area contributed by atoms with Gasteiger partial charge < -0.3 is 19.4 Å². The second-order valence-electron chi connectivity index (χ2n) is 25.8. The molecule has 0 radical (unpaired) electrons. The van der Waals surface area contributed by atoms with E-state index >= 15 is 0 Å². The lowest BCUT2D eigenvalue weighted by Gasteiger charge is -2.27. The lowest BCUT2D eigenvalue weighted by atomic mass is 10.0. The Hall–Kier alpha value is -2.55. The average molecular weight is 1210 g/mol. The zero-order valence-corrected chi connectivity index (χ0v) is 57.7. The Morgan fingerprint density at radius 3 is 1.09 bits per heavy atom. The van der Waals surface area contributed by atoms with E-state index in [1.807, 2.05) is 33.3 Å². The molecule has 3 unspecified atom stereocenters. The number of ether oxygens (including phenoxy) is 1. The number of phosphoric acid groups is 1. The first-order valence-electron chi connectivity index (χ1n) is 36.3. The van der Waals surface area contributed by atoms with Gasteiger partial charge in [-0.25, -0.2) is 4.57 Å². The Morgan fingerprint density at radius 1 is 0.412 bits per heavy atom. The summed E-state index contributed by atoms with van der Waals surface area (Å²) in [7, 11) is 1.50. The molecule has 0 aliphatic rings. The number of carbonyl (C=O) groups excluding carboxylic acids is 2. The summed E-state index contributed by atoms with van der Waals surface area (Å²) in [5.74, 6) is -0.503. The van der Waals surface area contributed by atoms with Crippen molar-refractivity contribution in [3.8, 4) is 0 Å². The minimum Gasteiger partial charge on any atom is -0.456 e. The molecular formula is C75H140N2O7P+. The second-order valence-corrected chi connectivity index (χ2v) is 27.2. The third-order valence-corrected chi connectivity index (χ3v) is 17.1. The standard InChI is InChI=1S/C75H139N2O7P/c1-7-10-13-16-19-22-25-27-29-31-33-35-36-37-38-39-40-42-44-46-48-50-53-56-59-62-65-68-75(79)84-73(66-63-60-57-54-51-24-21-18-15-12-9-3)72(71-83-85(80,81)82-70-69-77(4,5)6)76-74(78)67-64-61-58-55-52-49-47-45-43-41-34-32-30-28-26-23-20-17-14-11-8-2/h19-20,22-23,27-30,34,41,63,66,72-73H,7-18,21,24-26,31-33,35-40,42-62,64-65,67-71H2,1-6H3,(H-,76,78,80,81)/p+1/b22-19-,23-20-,29-27-,30-28-,41-34-,66-63-. The number of nitrogens with zero attached hydrogens (tertiary/aromatic N) is 1. The van der Waals surface area contributed by atoms with Crippen LogP contribution in [0.4, 0.5) is 0 Å². The summed E-state index contributed by atoms with van der Waals surface area (Å²) < 4.78 is 30.8. The first kappa shape index (κ1) is 82.5. The van der Waals surface area contributed by atoms with E-state index < -0.39 is 20.0 Å². The molecule has 2 N–H and O–H groups in total. The SMILES string of the molecule is CCCCC/C=C\C/C=C\C/C=C\CCCCCCCCCCC(=O)NC(COP(=O)(O)OCC[N+](C)(C)C)C(/C=C\CCCCCCCCCCC)OC(=O)CCCCCCCCCCCCCCCCCCC/C=C\C/C=C\CCCCC. The van der Waals surface area contributed by atoms with Gasteiger partial charge in [0.25, 0.3) is 0 Å². The summed E-state index contributed by atoms with van der Waals surface area (Å²) in [5, 5.41) is 3.07. The summed E-state index contributed by atoms with van der Waals surface area (Å²) in [5.41, 5.74) is 0. The predicted octanol–water partition coefficient (Wildman–Crippen LogP) is 23.1. The molecule has 0 saturated carbocycles. The van der Waals surface area contributed by atoms with E-state index in [0.29, 0.717) is 23.9 Å². The lowest BCUT2D eigenvalue weighted by Crippen LogP contribution is -2.47. The van der Waals surface area contributed by atoms with Gasteiger partial charge in [-0.3, -0.25) is 18.6 Å². The van der Waals surface area contributed by atoms with Crippen LogP contribution in [0.1, 0.15) is 342 Å². The number of esters is 1. The van der Waals surface area contributed by atoms with E-state index in [0.717, 1.165) is 89.9 Å². The molecule has 0 aliphatic carbocycles. The monoisotopic (exact) mass is 1210 g/mol. The fourth-order valence-electron chi connectivity index (χ4n) is 10.5. The van der Waals surface area contributed by atoms with Crippen molar-refractivity contribution in [3.05, 3.63) is 72.9 Å². The lowest BCUT2D eigenvalue weighted by molar-refractivity contribution is -0.870. The number of allylic oxidation sites excluding steroid dienone is 11. The number of hydrogen-bond donors (Lipinski definition) is 2. The average Bonchev–Trinajstić information content (AvgIpc) is 3.57. The molecule has 0 saturated heterocycles. The maximum atomic E-state index is 13.6. The van der Waals surface area contributed by atoms with E-state index in [4.69, 9.17) is 13.8 Å². The third kappa shape index (κ3) is 65.7. The van der Waals surface area contributed by atoms with Gasteiger partial charge in [0.2, 0.25) is 5.91 Å². The number of hydrogen-bond acceptors (Lipinski definition) is 6. The fourth-order valence-corrected chi connectivity index (χ4v) is 11.2. The van der Waals surface area contributed by atoms with Crippen LogP contribution in [0.15, 0.2) is 72.9 Å². The Balaban J connectivity index is 4.97. The van der Waals surface area contributed by atoms with Crippen molar-refractivity contribution in [2.75, 3.05) is 40.9 Å². The Morgan fingerprint density at radius 2 is 0.718 bits per heavy atom. The van der Waals surface area contributed by atoms with Crippen molar-refractivity contribution >= 4 is 19.7 Å². The number of rotatable bonds is 66. The molecule has 0 aromatic rings. The van der Waals surface area contributed by atoms with Gasteiger partial charge in [-0.2, -0.15) is 0 Å². The molecule has 0 aromatic heterocycles. The highest BCUT2D eigenvalue weighted by Gasteiger charge is 2.30. The summed E-state index contributed by atoms with van der Waals surface area (Å²) in [6.07, 6.45) is 84.9. The van der Waals surface area contributed by atoms with Crippen LogP contribution in [-0.2, 0) is 27.9 Å². The van der Waals surface area contributed by atoms with E-state index in [9.17, 15) is 19.0 Å². The zero-order valence-electron chi connectivity index (χ0n) is 56.9. The molecule has 1 amide bonds. The Bertz CT molecular complexity index is 1680. The molecule has 0 aromatic carbocycles. The van der Waals surface area contributed by atoms with Gasteiger partial charge in [-0.15, -0.1) is 0 Å². The zero-order chi connectivity index (χ0) is 62.1. The summed E-state index contributed by atoms with van der Waals surface area (Å²) >= 11 is 0. The molecular weight excluding hydrogens is 1070 g/mol. The number of unbranched alkanes of at least 4 members (excludes halogenated alkanes) is 40. The Labute approximate surface area is 527 Å². The third-order valence-electron chi connectivity index (χ3n) is 16.1. The van der Waals surface area contributed by atoms with Crippen molar-refractivity contribution < 1.29 is 37.3 Å². The fraction of sp³-hybridized carbons (Fsp3) is 0.813. The van der Waals surface area contributed by atoms with Crippen LogP contribution in [0.25, 0.3) is 0 Å². The number of quaternary nitrogens is 1. The van der Waals surface area contributed by atoms with Gasteiger partial charge in [0.1, 0.15) is 19.3 Å². The minimum atomic E-state index is -4.46. The number of phosphoric ester groups is 1. The van der Waals surface area contributed by atoms with Gasteiger partial charge in [-0.05, 0) is 102 Å². The van der Waals surface area contributed by atoms with Crippen LogP contribution >= 0.6 is 7.82 Å². The molecule has 9 nitrogen and oxygen atoms in total. The predicted molar refractivity (Wildman–Crippen MR) is 369 cm³/mol. The molecule has 10 heteroatoms. The highest BCUT2D eigenvalue weighted by atomic mass is 31.2. The van der Waals surface area contributed by atoms with Crippen LogP contribution in [0.5, 0.6) is 0 Å². The normalized spacial score (nSPS) is 13.9. The summed E-state index contributed by atoms with van der Waals surface area (Å²) in [6.45, 7) is 6.99. The van der Waals surface area contributed by atoms with Crippen LogP contribution in [-0.4, -0.2) is 74.3 Å². The quantitative estimate of drug-likeness (QED) is 0.0205. The molecule has 0 heterocycles. The van der Waals surface area contributed by atoms with Crippen molar-refractivity contribution in [2.24, 2.45) is 0 Å². The van der Waals surface area contributed by atoms with Gasteiger partial charge in [0, 0.05) is 12.8 Å². The van der Waals surface area contributed by atoms with Gasteiger partial charge in [-0.1, -0.05) is 299 Å². The van der Waals surface area contributed by atoms with Crippen LogP contribution in [0.3, 0.4) is 0 Å². The van der Waals surface area contributed by atoms with E-state index in [1.54, 1.807) is 0 Å². The topological polar surface area (TPSA) is 111 Å². The highest BCUT2D eigenvalue weighted by molar-refractivity contribution is 7.47. The molecule has 3 atom stereocenters. The second kappa shape index (κ2) is 64.4. The molecule has 496 valence electrons. The molecule has 0 aliphatic heterocycles. The van der Waals surface area contributed by atoms with E-state index in [2.05, 4.69) is 86.8 Å². The number of nitrogens with one attached hydrogen (secondary N) is 1. The summed E-state index contributed by atoms with van der Waals surface area (Å²) in [6, 6.07) is -0.854. The van der Waals surface area contributed by atoms with Gasteiger partial charge in [0.15, 0.2) is 0 Å². The van der Waals surface area contributed by atoms with Crippen LogP contribution in [0, 0.1) is 0 Å². The number of likely N-dealkylation sites (N-methyl/N-ethyl adjacent to an activating group) is 1. The maximum Gasteiger partial charge on any atom is 0.472 e. The van der Waals surface area contributed by atoms with Crippen molar-refractivity contribution in [1.82, 2.24) is 5.32 Å². The molecule has 0 fully saturated rings. The number of carbonyl (C=O) groups is 2. The van der Waals surface area contributed by atoms with Crippen LogP contribution in [0.2, 0.25) is 0 Å². The van der Waals surface area contributed by atoms with Crippen LogP contribution < -0.4 is 5.32 Å². The first-order chi connectivity index (χ1) is 41.4. The van der Waals surface area contributed by atoms with E-state index in [1.165, 1.54) is 218 Å². The number of amides is 1. The summed E-state index contributed by atoms with van der Waals surface area (Å²) in [4.78, 5) is 37.9. The first-order valence-corrected chi connectivity index (χ1v) is 37.8. The largest absolute Gasteiger partial charge is 0.472 e. The van der Waals surface area contributed by atoms with Crippen molar-refractivity contribution in [2.45, 2.75) is 354 Å².